The number of para-hydroxylation sites is 1. The molecule has 1 aliphatic carbocycles. The summed E-state index contributed by atoms with van der Waals surface area (Å²) in [5, 5.41) is 5.07. The molecule has 0 saturated carbocycles. The largest absolute Gasteiger partial charge is 0.324 e. The van der Waals surface area contributed by atoms with Crippen LogP contribution in [0.1, 0.15) is 29.1 Å². The van der Waals surface area contributed by atoms with Gasteiger partial charge in [0, 0.05) is 14.7 Å². The minimum Gasteiger partial charge on any atom is -0.324 e. The summed E-state index contributed by atoms with van der Waals surface area (Å²) < 4.78 is 0.880. The first kappa shape index (κ1) is 17.9. The van der Waals surface area contributed by atoms with Crippen LogP contribution in [0.25, 0.3) is 10.2 Å². The number of rotatable bonds is 4. The lowest BCUT2D eigenvalue weighted by Gasteiger charge is -2.12. The molecule has 1 N–H and O–H groups in total. The molecule has 3 aromatic rings. The Bertz CT molecular complexity index is 986. The van der Waals surface area contributed by atoms with Gasteiger partial charge in [-0.3, -0.25) is 4.79 Å². The third-order valence-corrected chi connectivity index (χ3v) is 7.23. The van der Waals surface area contributed by atoms with Crippen LogP contribution in [0.3, 0.4) is 0 Å². The number of aryl methyl sites for hydroxylation is 3. The van der Waals surface area contributed by atoms with E-state index in [0.717, 1.165) is 38.7 Å². The second-order valence-corrected chi connectivity index (χ2v) is 9.19. The van der Waals surface area contributed by atoms with Crippen molar-refractivity contribution >= 4 is 60.8 Å². The monoisotopic (exact) mass is 447 g/mol. The normalized spacial score (nSPS) is 13.6. The number of amides is 1. The molecule has 1 amide bonds. The molecule has 4 rings (SSSR count). The fraction of sp³-hybridized carbons (Fsp3) is 0.316. The van der Waals surface area contributed by atoms with E-state index in [4.69, 9.17) is 0 Å². The van der Waals surface area contributed by atoms with E-state index < -0.39 is 0 Å². The van der Waals surface area contributed by atoms with Crippen LogP contribution in [0.2, 0.25) is 0 Å². The third-order valence-electron chi connectivity index (χ3n) is 4.38. The number of carbonyl (C=O) groups excluding carboxylic acids is 1. The van der Waals surface area contributed by atoms with Crippen molar-refractivity contribution in [3.05, 3.63) is 45.0 Å². The number of anilines is 1. The zero-order valence-corrected chi connectivity index (χ0v) is 17.6. The van der Waals surface area contributed by atoms with Gasteiger partial charge in [0.2, 0.25) is 5.91 Å². The van der Waals surface area contributed by atoms with Gasteiger partial charge in [-0.15, -0.1) is 11.3 Å². The fourth-order valence-corrected chi connectivity index (χ4v) is 5.87. The zero-order chi connectivity index (χ0) is 18.1. The molecule has 4 nitrogen and oxygen atoms in total. The highest BCUT2D eigenvalue weighted by atomic mass is 79.9. The summed E-state index contributed by atoms with van der Waals surface area (Å²) in [6, 6.07) is 7.63. The first-order chi connectivity index (χ1) is 12.6. The first-order valence-electron chi connectivity index (χ1n) is 8.58. The molecule has 26 heavy (non-hydrogen) atoms. The molecule has 0 aliphatic heterocycles. The predicted molar refractivity (Wildman–Crippen MR) is 112 cm³/mol. The number of hydrogen-bond donors (Lipinski definition) is 1. The van der Waals surface area contributed by atoms with E-state index in [1.54, 1.807) is 11.3 Å². The molecule has 0 bridgehead atoms. The molecule has 2 aromatic heterocycles. The summed E-state index contributed by atoms with van der Waals surface area (Å²) in [6.07, 6.45) is 4.71. The number of halogens is 1. The quantitative estimate of drug-likeness (QED) is 0.431. The Hall–Kier alpha value is -1.44. The van der Waals surface area contributed by atoms with Gasteiger partial charge in [0.05, 0.1) is 11.4 Å². The van der Waals surface area contributed by atoms with Crippen LogP contribution in [0.15, 0.2) is 33.8 Å². The van der Waals surface area contributed by atoms with Crippen molar-refractivity contribution < 1.29 is 4.79 Å². The highest BCUT2D eigenvalue weighted by Crippen LogP contribution is 2.39. The van der Waals surface area contributed by atoms with E-state index in [1.165, 1.54) is 40.4 Å². The molecule has 0 fully saturated rings. The van der Waals surface area contributed by atoms with Gasteiger partial charge < -0.3 is 5.32 Å². The van der Waals surface area contributed by atoms with Crippen LogP contribution < -0.4 is 5.32 Å². The lowest BCUT2D eigenvalue weighted by molar-refractivity contribution is -0.113. The number of thiophene rings is 1. The topological polar surface area (TPSA) is 54.9 Å². The number of benzene rings is 1. The van der Waals surface area contributed by atoms with Crippen LogP contribution in [0.4, 0.5) is 5.69 Å². The maximum atomic E-state index is 12.4. The Morgan fingerprint density at radius 1 is 1.27 bits per heavy atom. The number of nitrogens with one attached hydrogen (secondary N) is 1. The van der Waals surface area contributed by atoms with Crippen molar-refractivity contribution in [1.29, 1.82) is 0 Å². The van der Waals surface area contributed by atoms with Gasteiger partial charge in [0.25, 0.3) is 0 Å². The van der Waals surface area contributed by atoms with Crippen molar-refractivity contribution in [3.63, 3.8) is 0 Å². The highest BCUT2D eigenvalue weighted by molar-refractivity contribution is 9.10. The van der Waals surface area contributed by atoms with Crippen LogP contribution in [0.5, 0.6) is 0 Å². The molecule has 0 radical (unpaired) electrons. The molecule has 0 saturated heterocycles. The molecular formula is C19H18BrN3OS2. The Morgan fingerprint density at radius 3 is 2.92 bits per heavy atom. The minimum absolute atomic E-state index is 0.0320. The maximum absolute atomic E-state index is 12.4. The number of nitrogens with zero attached hydrogens (tertiary/aromatic N) is 2. The number of hydrogen-bond acceptors (Lipinski definition) is 5. The molecule has 0 spiro atoms. The van der Waals surface area contributed by atoms with Crippen LogP contribution in [-0.4, -0.2) is 21.6 Å². The average molecular weight is 448 g/mol. The standard InChI is InChI=1S/C19H18BrN3OS2/c1-11-21-18(17-12-6-2-5-9-15(12)26-19(17)22-11)25-10-16(24)23-14-8-4-3-7-13(14)20/h3-4,7-8H,2,5-6,9-10H2,1H3,(H,23,24). The van der Waals surface area contributed by atoms with E-state index in [1.807, 2.05) is 31.2 Å². The smallest absolute Gasteiger partial charge is 0.234 e. The van der Waals surface area contributed by atoms with Gasteiger partial charge in [-0.25, -0.2) is 9.97 Å². The summed E-state index contributed by atoms with van der Waals surface area (Å²) >= 11 is 6.76. The van der Waals surface area contributed by atoms with Crippen molar-refractivity contribution in [2.45, 2.75) is 37.6 Å². The van der Waals surface area contributed by atoms with Gasteiger partial charge in [-0.05, 0) is 66.2 Å². The molecule has 1 aliphatic rings. The maximum Gasteiger partial charge on any atom is 0.234 e. The highest BCUT2D eigenvalue weighted by Gasteiger charge is 2.21. The third kappa shape index (κ3) is 3.66. The van der Waals surface area contributed by atoms with Gasteiger partial charge >= 0.3 is 0 Å². The lowest BCUT2D eigenvalue weighted by atomic mass is 9.97. The Labute approximate surface area is 169 Å². The van der Waals surface area contributed by atoms with Crippen molar-refractivity contribution in [3.8, 4) is 0 Å². The summed E-state index contributed by atoms with van der Waals surface area (Å²) in [4.78, 5) is 24.2. The predicted octanol–water partition coefficient (Wildman–Crippen LogP) is 5.37. The average Bonchev–Trinajstić information content (AvgIpc) is 2.99. The Balaban J connectivity index is 1.56. The summed E-state index contributed by atoms with van der Waals surface area (Å²) in [5.41, 5.74) is 2.19. The SMILES string of the molecule is Cc1nc(SCC(=O)Nc2ccccc2Br)c2c3c(sc2n1)CCCC3. The van der Waals surface area contributed by atoms with E-state index in [-0.39, 0.29) is 5.91 Å². The lowest BCUT2D eigenvalue weighted by Crippen LogP contribution is -2.14. The number of carbonyl (C=O) groups is 1. The van der Waals surface area contributed by atoms with Crippen molar-refractivity contribution in [1.82, 2.24) is 9.97 Å². The zero-order valence-electron chi connectivity index (χ0n) is 14.3. The van der Waals surface area contributed by atoms with Gasteiger partial charge in [0.1, 0.15) is 15.7 Å². The fourth-order valence-electron chi connectivity index (χ4n) is 3.21. The van der Waals surface area contributed by atoms with E-state index in [2.05, 4.69) is 31.2 Å². The minimum atomic E-state index is -0.0320. The van der Waals surface area contributed by atoms with Crippen LogP contribution in [-0.2, 0) is 17.6 Å². The molecule has 0 unspecified atom stereocenters. The van der Waals surface area contributed by atoms with E-state index >= 15 is 0 Å². The second kappa shape index (κ2) is 7.66. The molecular weight excluding hydrogens is 430 g/mol. The van der Waals surface area contributed by atoms with Gasteiger partial charge in [-0.1, -0.05) is 23.9 Å². The van der Waals surface area contributed by atoms with Crippen molar-refractivity contribution in [2.75, 3.05) is 11.1 Å². The summed E-state index contributed by atoms with van der Waals surface area (Å²) in [6.45, 7) is 1.92. The molecule has 7 heteroatoms. The van der Waals surface area contributed by atoms with Crippen LogP contribution in [0, 0.1) is 6.92 Å². The second-order valence-electron chi connectivity index (χ2n) is 6.28. The summed E-state index contributed by atoms with van der Waals surface area (Å²) in [5.74, 6) is 1.07. The number of fused-ring (bicyclic) bond motifs is 3. The Morgan fingerprint density at radius 2 is 2.08 bits per heavy atom. The Kier molecular flexibility index (Phi) is 5.29. The number of thioether (sulfide) groups is 1. The molecule has 2 heterocycles. The number of aromatic nitrogens is 2. The molecule has 134 valence electrons. The van der Waals surface area contributed by atoms with Crippen LogP contribution >= 0.6 is 39.0 Å². The molecule has 0 atom stereocenters. The van der Waals surface area contributed by atoms with Gasteiger partial charge in [0.15, 0.2) is 0 Å². The van der Waals surface area contributed by atoms with E-state index in [0.29, 0.717) is 5.75 Å². The summed E-state index contributed by atoms with van der Waals surface area (Å²) in [7, 11) is 0. The van der Waals surface area contributed by atoms with Crippen molar-refractivity contribution in [2.24, 2.45) is 0 Å². The molecule has 1 aromatic carbocycles. The van der Waals surface area contributed by atoms with Gasteiger partial charge in [-0.2, -0.15) is 0 Å². The first-order valence-corrected chi connectivity index (χ1v) is 11.2. The van der Waals surface area contributed by atoms with E-state index in [9.17, 15) is 4.79 Å².